The number of aliphatic carboxylic acids is 1. The Labute approximate surface area is 96.6 Å². The fourth-order valence-corrected chi connectivity index (χ4v) is 1.81. The highest BCUT2D eigenvalue weighted by Gasteiger charge is 2.22. The van der Waals surface area contributed by atoms with Crippen molar-refractivity contribution in [3.8, 4) is 0 Å². The SMILES string of the molecule is CCC(C(=O)O)c1cc(Cl)cc(F)c1Cl. The number of benzene rings is 1. The molecule has 1 unspecified atom stereocenters. The summed E-state index contributed by atoms with van der Waals surface area (Å²) in [4.78, 5) is 10.9. The first-order chi connectivity index (χ1) is 6.97. The molecule has 0 aliphatic heterocycles. The predicted octanol–water partition coefficient (Wildman–Crippen LogP) is 3.71. The largest absolute Gasteiger partial charge is 0.481 e. The van der Waals surface area contributed by atoms with Crippen LogP contribution in [0.3, 0.4) is 0 Å². The molecular weight excluding hydrogens is 242 g/mol. The minimum absolute atomic E-state index is 0.145. The molecule has 2 nitrogen and oxygen atoms in total. The number of carboxylic acids is 1. The lowest BCUT2D eigenvalue weighted by molar-refractivity contribution is -0.138. The van der Waals surface area contributed by atoms with Crippen molar-refractivity contribution in [2.45, 2.75) is 19.3 Å². The maximum atomic E-state index is 13.2. The predicted molar refractivity (Wildman–Crippen MR) is 57.1 cm³/mol. The number of hydrogen-bond acceptors (Lipinski definition) is 1. The summed E-state index contributed by atoms with van der Waals surface area (Å²) in [7, 11) is 0. The summed E-state index contributed by atoms with van der Waals surface area (Å²) >= 11 is 11.3. The van der Waals surface area contributed by atoms with Crippen molar-refractivity contribution in [1.82, 2.24) is 0 Å². The zero-order valence-electron chi connectivity index (χ0n) is 7.93. The van der Waals surface area contributed by atoms with Gasteiger partial charge in [0.1, 0.15) is 5.82 Å². The fraction of sp³-hybridized carbons (Fsp3) is 0.300. The van der Waals surface area contributed by atoms with Crippen molar-refractivity contribution in [1.29, 1.82) is 0 Å². The molecule has 15 heavy (non-hydrogen) atoms. The number of halogens is 3. The van der Waals surface area contributed by atoms with E-state index in [0.717, 1.165) is 6.07 Å². The highest BCUT2D eigenvalue weighted by Crippen LogP contribution is 2.32. The monoisotopic (exact) mass is 250 g/mol. The molecule has 1 N–H and O–H groups in total. The van der Waals surface area contributed by atoms with Crippen LogP contribution in [0.4, 0.5) is 4.39 Å². The third kappa shape index (κ3) is 2.61. The lowest BCUT2D eigenvalue weighted by atomic mass is 9.96. The van der Waals surface area contributed by atoms with Gasteiger partial charge < -0.3 is 5.11 Å². The quantitative estimate of drug-likeness (QED) is 0.831. The van der Waals surface area contributed by atoms with E-state index in [-0.39, 0.29) is 15.6 Å². The van der Waals surface area contributed by atoms with Crippen LogP contribution in [0.1, 0.15) is 24.8 Å². The minimum atomic E-state index is -1.04. The first-order valence-electron chi connectivity index (χ1n) is 4.34. The Morgan fingerprint density at radius 2 is 2.13 bits per heavy atom. The number of hydrogen-bond donors (Lipinski definition) is 1. The summed E-state index contributed by atoms with van der Waals surface area (Å²) < 4.78 is 13.2. The lowest BCUT2D eigenvalue weighted by Gasteiger charge is -2.12. The van der Waals surface area contributed by atoms with Crippen LogP contribution in [0.5, 0.6) is 0 Å². The van der Waals surface area contributed by atoms with Crippen LogP contribution < -0.4 is 0 Å². The van der Waals surface area contributed by atoms with Crippen molar-refractivity contribution in [3.63, 3.8) is 0 Å². The Bertz CT molecular complexity index is 393. The van der Waals surface area contributed by atoms with Crippen LogP contribution in [0.25, 0.3) is 0 Å². The van der Waals surface area contributed by atoms with Gasteiger partial charge in [-0.1, -0.05) is 30.1 Å². The first-order valence-corrected chi connectivity index (χ1v) is 5.10. The summed E-state index contributed by atoms with van der Waals surface area (Å²) in [6.07, 6.45) is 0.328. The van der Waals surface area contributed by atoms with Gasteiger partial charge in [0, 0.05) is 5.02 Å². The highest BCUT2D eigenvalue weighted by atomic mass is 35.5. The molecule has 0 heterocycles. The highest BCUT2D eigenvalue weighted by molar-refractivity contribution is 6.34. The second-order valence-corrected chi connectivity index (χ2v) is 3.90. The van der Waals surface area contributed by atoms with Gasteiger partial charge >= 0.3 is 5.97 Å². The maximum absolute atomic E-state index is 13.2. The molecular formula is C10H9Cl2FO2. The molecule has 0 aliphatic carbocycles. The number of carbonyl (C=O) groups is 1. The van der Waals surface area contributed by atoms with Crippen LogP contribution >= 0.6 is 23.2 Å². The van der Waals surface area contributed by atoms with Crippen molar-refractivity contribution in [2.24, 2.45) is 0 Å². The molecule has 0 amide bonds. The van der Waals surface area contributed by atoms with Gasteiger partial charge in [0.15, 0.2) is 0 Å². The Kier molecular flexibility index (Phi) is 3.94. The molecule has 0 spiro atoms. The van der Waals surface area contributed by atoms with Crippen LogP contribution in [0, 0.1) is 5.82 Å². The van der Waals surface area contributed by atoms with Crippen molar-refractivity contribution in [2.75, 3.05) is 0 Å². The van der Waals surface area contributed by atoms with Crippen molar-refractivity contribution >= 4 is 29.2 Å². The van der Waals surface area contributed by atoms with E-state index in [1.54, 1.807) is 6.92 Å². The Morgan fingerprint density at radius 1 is 1.53 bits per heavy atom. The molecule has 1 atom stereocenters. The van der Waals surface area contributed by atoms with Crippen LogP contribution in [0.15, 0.2) is 12.1 Å². The maximum Gasteiger partial charge on any atom is 0.311 e. The Balaban J connectivity index is 3.28. The van der Waals surface area contributed by atoms with Crippen LogP contribution in [-0.2, 0) is 4.79 Å². The second kappa shape index (κ2) is 4.81. The molecule has 1 rings (SSSR count). The molecule has 0 aromatic heterocycles. The number of rotatable bonds is 3. The first kappa shape index (κ1) is 12.3. The standard InChI is InChI=1S/C10H9Cl2FO2/c1-2-6(10(14)15)7-3-5(11)4-8(13)9(7)12/h3-4,6H,2H2,1H3,(H,14,15). The smallest absolute Gasteiger partial charge is 0.311 e. The molecule has 5 heteroatoms. The zero-order chi connectivity index (χ0) is 11.6. The van der Waals surface area contributed by atoms with Gasteiger partial charge in [0.2, 0.25) is 0 Å². The molecule has 82 valence electrons. The van der Waals surface area contributed by atoms with E-state index in [1.165, 1.54) is 6.07 Å². The Hall–Kier alpha value is -0.800. The van der Waals surface area contributed by atoms with E-state index < -0.39 is 17.7 Å². The van der Waals surface area contributed by atoms with E-state index in [0.29, 0.717) is 6.42 Å². The van der Waals surface area contributed by atoms with Crippen molar-refractivity contribution < 1.29 is 14.3 Å². The summed E-state index contributed by atoms with van der Waals surface area (Å²) in [5.41, 5.74) is 0.219. The summed E-state index contributed by atoms with van der Waals surface area (Å²) in [6, 6.07) is 2.44. The average molecular weight is 251 g/mol. The van der Waals surface area contributed by atoms with Crippen LogP contribution in [0.2, 0.25) is 10.0 Å². The van der Waals surface area contributed by atoms with E-state index >= 15 is 0 Å². The van der Waals surface area contributed by atoms with E-state index in [4.69, 9.17) is 28.3 Å². The Morgan fingerprint density at radius 3 is 2.60 bits per heavy atom. The van der Waals surface area contributed by atoms with Gasteiger partial charge in [0.05, 0.1) is 10.9 Å². The van der Waals surface area contributed by atoms with Gasteiger partial charge in [0.25, 0.3) is 0 Å². The fourth-order valence-electron chi connectivity index (χ4n) is 1.36. The van der Waals surface area contributed by atoms with Gasteiger partial charge in [-0.15, -0.1) is 0 Å². The van der Waals surface area contributed by atoms with Gasteiger partial charge in [-0.05, 0) is 24.1 Å². The normalized spacial score (nSPS) is 12.5. The number of carboxylic acid groups (broad SMARTS) is 1. The third-order valence-corrected chi connectivity index (χ3v) is 2.72. The molecule has 0 radical (unpaired) electrons. The van der Waals surface area contributed by atoms with E-state index in [2.05, 4.69) is 0 Å². The van der Waals surface area contributed by atoms with Gasteiger partial charge in [-0.3, -0.25) is 4.79 Å². The summed E-state index contributed by atoms with van der Waals surface area (Å²) in [5.74, 6) is -2.56. The van der Waals surface area contributed by atoms with E-state index in [9.17, 15) is 9.18 Å². The minimum Gasteiger partial charge on any atom is -0.481 e. The molecule has 0 aliphatic rings. The molecule has 0 saturated heterocycles. The summed E-state index contributed by atoms with van der Waals surface area (Å²) in [5, 5.41) is 8.88. The topological polar surface area (TPSA) is 37.3 Å². The summed E-state index contributed by atoms with van der Waals surface area (Å²) in [6.45, 7) is 1.69. The second-order valence-electron chi connectivity index (χ2n) is 3.09. The zero-order valence-corrected chi connectivity index (χ0v) is 9.44. The molecule has 1 aromatic rings. The molecule has 0 saturated carbocycles. The average Bonchev–Trinajstić information content (AvgIpc) is 2.13. The molecule has 0 fully saturated rings. The van der Waals surface area contributed by atoms with E-state index in [1.807, 2.05) is 0 Å². The molecule has 1 aromatic carbocycles. The third-order valence-electron chi connectivity index (χ3n) is 2.10. The van der Waals surface area contributed by atoms with Crippen molar-refractivity contribution in [3.05, 3.63) is 33.6 Å². The lowest BCUT2D eigenvalue weighted by Crippen LogP contribution is -2.11. The molecule has 0 bridgehead atoms. The van der Waals surface area contributed by atoms with Gasteiger partial charge in [-0.2, -0.15) is 0 Å². The van der Waals surface area contributed by atoms with Crippen LogP contribution in [-0.4, -0.2) is 11.1 Å². The van der Waals surface area contributed by atoms with Gasteiger partial charge in [-0.25, -0.2) is 4.39 Å².